The second kappa shape index (κ2) is 3.84. The van der Waals surface area contributed by atoms with Gasteiger partial charge in [0, 0.05) is 19.7 Å². The van der Waals surface area contributed by atoms with Gasteiger partial charge in [-0.3, -0.25) is 0 Å². The van der Waals surface area contributed by atoms with Crippen molar-refractivity contribution in [2.45, 2.75) is 12.3 Å². The average Bonchev–Trinajstić information content (AvgIpc) is 2.61. The van der Waals surface area contributed by atoms with E-state index in [0.29, 0.717) is 11.1 Å². The predicted octanol–water partition coefficient (Wildman–Crippen LogP) is 2.44. The summed E-state index contributed by atoms with van der Waals surface area (Å²) in [6, 6.07) is 6.78. The summed E-state index contributed by atoms with van der Waals surface area (Å²) >= 11 is 0. The zero-order valence-electron chi connectivity index (χ0n) is 9.15. The smallest absolute Gasteiger partial charge is 0.374 e. The minimum atomic E-state index is -3.74. The maximum absolute atomic E-state index is 13.2. The van der Waals surface area contributed by atoms with Crippen LogP contribution in [0.25, 0.3) is 10.9 Å². The Labute approximate surface area is 96.3 Å². The highest BCUT2D eigenvalue weighted by Crippen LogP contribution is 2.26. The summed E-state index contributed by atoms with van der Waals surface area (Å²) in [6.07, 6.45) is 0.963. The number of hydrogen-bond donors (Lipinski definition) is 1. The molecule has 0 aliphatic carbocycles. The molecule has 0 fully saturated rings. The van der Waals surface area contributed by atoms with Crippen molar-refractivity contribution in [3.8, 4) is 0 Å². The van der Waals surface area contributed by atoms with E-state index < -0.39 is 18.3 Å². The number of aliphatic carboxylic acids is 1. The van der Waals surface area contributed by atoms with Gasteiger partial charge in [0.2, 0.25) is 0 Å². The largest absolute Gasteiger partial charge is 0.477 e. The molecule has 17 heavy (non-hydrogen) atoms. The second-order valence-corrected chi connectivity index (χ2v) is 3.97. The Bertz CT molecular complexity index is 575. The summed E-state index contributed by atoms with van der Waals surface area (Å²) in [7, 11) is 1.74. The van der Waals surface area contributed by atoms with Gasteiger partial charge in [0.1, 0.15) is 0 Å². The van der Waals surface area contributed by atoms with Crippen LogP contribution in [0.4, 0.5) is 8.78 Å². The first-order valence-electron chi connectivity index (χ1n) is 5.06. The molecule has 2 aromatic rings. The molecule has 0 amide bonds. The predicted molar refractivity (Wildman–Crippen MR) is 59.2 cm³/mol. The van der Waals surface area contributed by atoms with Crippen molar-refractivity contribution in [1.82, 2.24) is 4.57 Å². The molecule has 0 saturated heterocycles. The van der Waals surface area contributed by atoms with Crippen LogP contribution in [0.5, 0.6) is 0 Å². The molecule has 0 unspecified atom stereocenters. The fourth-order valence-corrected chi connectivity index (χ4v) is 1.90. The van der Waals surface area contributed by atoms with Crippen molar-refractivity contribution in [3.63, 3.8) is 0 Å². The van der Waals surface area contributed by atoms with Crippen LogP contribution in [-0.4, -0.2) is 21.6 Å². The summed E-state index contributed by atoms with van der Waals surface area (Å²) < 4.78 is 28.1. The molecule has 1 heterocycles. The Morgan fingerprint density at radius 2 is 2.12 bits per heavy atom. The molecule has 0 atom stereocenters. The number of carbonyl (C=O) groups is 1. The highest BCUT2D eigenvalue weighted by Gasteiger charge is 2.39. The van der Waals surface area contributed by atoms with E-state index in [4.69, 9.17) is 5.11 Å². The quantitative estimate of drug-likeness (QED) is 0.893. The van der Waals surface area contributed by atoms with Gasteiger partial charge < -0.3 is 9.67 Å². The SMILES string of the molecule is Cn1ccc2cccc(CC(F)(F)C(=O)O)c21. The van der Waals surface area contributed by atoms with Crippen molar-refractivity contribution in [1.29, 1.82) is 0 Å². The first kappa shape index (κ1) is 11.6. The molecule has 90 valence electrons. The minimum Gasteiger partial charge on any atom is -0.477 e. The van der Waals surface area contributed by atoms with Gasteiger partial charge in [-0.25, -0.2) is 4.79 Å². The van der Waals surface area contributed by atoms with E-state index in [1.807, 2.05) is 0 Å². The lowest BCUT2D eigenvalue weighted by Crippen LogP contribution is -2.30. The van der Waals surface area contributed by atoms with Crippen LogP contribution in [0.1, 0.15) is 5.56 Å². The third-order valence-electron chi connectivity index (χ3n) is 2.71. The van der Waals surface area contributed by atoms with E-state index in [0.717, 1.165) is 5.39 Å². The van der Waals surface area contributed by atoms with Crippen molar-refractivity contribution in [2.24, 2.45) is 7.05 Å². The first-order chi connectivity index (χ1) is 7.92. The Hall–Kier alpha value is -1.91. The molecule has 0 saturated carbocycles. The van der Waals surface area contributed by atoms with E-state index >= 15 is 0 Å². The molecule has 5 heteroatoms. The molecule has 0 aliphatic rings. The number of rotatable bonds is 3. The van der Waals surface area contributed by atoms with Gasteiger partial charge in [0.15, 0.2) is 0 Å². The van der Waals surface area contributed by atoms with Crippen LogP contribution in [0, 0.1) is 0 Å². The average molecular weight is 239 g/mol. The van der Waals surface area contributed by atoms with Crippen molar-refractivity contribution >= 4 is 16.9 Å². The first-order valence-corrected chi connectivity index (χ1v) is 5.06. The standard InChI is InChI=1S/C12H11F2NO2/c1-15-6-5-8-3-2-4-9(10(8)15)7-12(13,14)11(16)17/h2-6H,7H2,1H3,(H,16,17). The summed E-state index contributed by atoms with van der Waals surface area (Å²) in [5, 5.41) is 9.26. The molecular weight excluding hydrogens is 228 g/mol. The van der Waals surface area contributed by atoms with Gasteiger partial charge in [-0.15, -0.1) is 0 Å². The summed E-state index contributed by atoms with van der Waals surface area (Å²) in [6.45, 7) is 0. The minimum absolute atomic E-state index is 0.336. The molecule has 0 bridgehead atoms. The van der Waals surface area contributed by atoms with Gasteiger partial charge in [0.05, 0.1) is 5.52 Å². The fourth-order valence-electron chi connectivity index (χ4n) is 1.90. The summed E-state index contributed by atoms with van der Waals surface area (Å²) in [5.41, 5.74) is 0.982. The van der Waals surface area contributed by atoms with E-state index in [1.165, 1.54) is 6.07 Å². The number of nitrogens with zero attached hydrogens (tertiary/aromatic N) is 1. The molecule has 0 radical (unpaired) electrons. The number of carboxylic acid groups (broad SMARTS) is 1. The van der Waals surface area contributed by atoms with Crippen molar-refractivity contribution in [3.05, 3.63) is 36.0 Å². The lowest BCUT2D eigenvalue weighted by atomic mass is 10.0. The molecular formula is C12H11F2NO2. The van der Waals surface area contributed by atoms with Gasteiger partial charge in [-0.2, -0.15) is 8.78 Å². The fraction of sp³-hybridized carbons (Fsp3) is 0.250. The zero-order chi connectivity index (χ0) is 12.6. The zero-order valence-corrected chi connectivity index (χ0v) is 9.15. The molecule has 2 rings (SSSR count). The van der Waals surface area contributed by atoms with Crippen LogP contribution in [-0.2, 0) is 18.3 Å². The summed E-state index contributed by atoms with van der Waals surface area (Å²) in [5.74, 6) is -5.83. The van der Waals surface area contributed by atoms with Gasteiger partial charge in [-0.05, 0) is 17.0 Å². The van der Waals surface area contributed by atoms with Crippen molar-refractivity contribution < 1.29 is 18.7 Å². The van der Waals surface area contributed by atoms with Crippen LogP contribution in [0.3, 0.4) is 0 Å². The number of aryl methyl sites for hydroxylation is 1. The maximum atomic E-state index is 13.2. The normalized spacial score (nSPS) is 11.9. The topological polar surface area (TPSA) is 42.2 Å². The highest BCUT2D eigenvalue weighted by atomic mass is 19.3. The number of aromatic nitrogens is 1. The Morgan fingerprint density at radius 1 is 1.41 bits per heavy atom. The third-order valence-corrected chi connectivity index (χ3v) is 2.71. The lowest BCUT2D eigenvalue weighted by Gasteiger charge is -2.12. The number of fused-ring (bicyclic) bond motifs is 1. The molecule has 0 spiro atoms. The lowest BCUT2D eigenvalue weighted by molar-refractivity contribution is -0.164. The molecule has 3 nitrogen and oxygen atoms in total. The van der Waals surface area contributed by atoms with E-state index in [9.17, 15) is 13.6 Å². The molecule has 1 aromatic heterocycles. The Morgan fingerprint density at radius 3 is 2.76 bits per heavy atom. The number of hydrogen-bond acceptors (Lipinski definition) is 1. The van der Waals surface area contributed by atoms with Gasteiger partial charge in [0.25, 0.3) is 0 Å². The van der Waals surface area contributed by atoms with Crippen LogP contribution in [0.2, 0.25) is 0 Å². The Kier molecular flexibility index (Phi) is 2.61. The van der Waals surface area contributed by atoms with E-state index in [-0.39, 0.29) is 0 Å². The van der Waals surface area contributed by atoms with Crippen LogP contribution in [0.15, 0.2) is 30.5 Å². The van der Waals surface area contributed by atoms with E-state index in [1.54, 1.807) is 36.0 Å². The molecule has 0 aliphatic heterocycles. The van der Waals surface area contributed by atoms with Crippen LogP contribution < -0.4 is 0 Å². The Balaban J connectivity index is 2.49. The van der Waals surface area contributed by atoms with Gasteiger partial charge >= 0.3 is 11.9 Å². The number of benzene rings is 1. The third kappa shape index (κ3) is 2.00. The molecule has 1 aromatic carbocycles. The monoisotopic (exact) mass is 239 g/mol. The molecule has 1 N–H and O–H groups in total. The van der Waals surface area contributed by atoms with Crippen LogP contribution >= 0.6 is 0 Å². The highest BCUT2D eigenvalue weighted by molar-refractivity contribution is 5.84. The second-order valence-electron chi connectivity index (χ2n) is 3.97. The maximum Gasteiger partial charge on any atom is 0.374 e. The number of para-hydroxylation sites is 1. The van der Waals surface area contributed by atoms with Gasteiger partial charge in [-0.1, -0.05) is 18.2 Å². The summed E-state index contributed by atoms with van der Waals surface area (Å²) in [4.78, 5) is 10.4. The number of alkyl halides is 2. The number of halogens is 2. The van der Waals surface area contributed by atoms with Crippen molar-refractivity contribution in [2.75, 3.05) is 0 Å². The van der Waals surface area contributed by atoms with E-state index in [2.05, 4.69) is 0 Å². The number of carboxylic acids is 1.